The molecule has 0 unspecified atom stereocenters. The quantitative estimate of drug-likeness (QED) is 0.446. The van der Waals surface area contributed by atoms with Gasteiger partial charge in [0.15, 0.2) is 0 Å². The van der Waals surface area contributed by atoms with Crippen molar-refractivity contribution in [2.45, 2.75) is 25.4 Å². The van der Waals surface area contributed by atoms with Crippen molar-refractivity contribution in [3.8, 4) is 5.75 Å². The van der Waals surface area contributed by atoms with E-state index in [9.17, 15) is 14.9 Å². The summed E-state index contributed by atoms with van der Waals surface area (Å²) in [7, 11) is 1.40. The number of nitrogens with two attached hydrogens (primary N) is 1. The number of piperidine rings is 1. The summed E-state index contributed by atoms with van der Waals surface area (Å²) in [6.07, 6.45) is 1.66. The molecule has 0 saturated carbocycles. The number of nitro groups is 1. The number of nitro benzene ring substituents is 1. The van der Waals surface area contributed by atoms with E-state index < -0.39 is 4.92 Å². The number of hydrogen-bond donors (Lipinski definition) is 2. The normalized spacial score (nSPS) is 15.4. The molecule has 1 saturated heterocycles. The minimum Gasteiger partial charge on any atom is -0.496 e. The largest absolute Gasteiger partial charge is 0.496 e. The van der Waals surface area contributed by atoms with Gasteiger partial charge in [-0.25, -0.2) is 0 Å². The zero-order valence-corrected chi connectivity index (χ0v) is 15.8. The topological polar surface area (TPSA) is 111 Å². The lowest BCUT2D eigenvalue weighted by Crippen LogP contribution is -2.44. The predicted octanol–water partition coefficient (Wildman–Crippen LogP) is 2.64. The highest BCUT2D eigenvalue weighted by atomic mass is 32.1. The van der Waals surface area contributed by atoms with Crippen LogP contribution in [0.25, 0.3) is 0 Å². The van der Waals surface area contributed by atoms with Crippen LogP contribution in [0.4, 0.5) is 11.4 Å². The highest BCUT2D eigenvalue weighted by molar-refractivity contribution is 7.09. The van der Waals surface area contributed by atoms with Gasteiger partial charge in [0.2, 0.25) is 0 Å². The molecule has 8 nitrogen and oxygen atoms in total. The number of methoxy groups -OCH3 is 1. The fourth-order valence-corrected chi connectivity index (χ4v) is 3.96. The molecule has 3 N–H and O–H groups in total. The number of anilines is 1. The summed E-state index contributed by atoms with van der Waals surface area (Å²) in [6.45, 7) is 2.71. The molecule has 1 fully saturated rings. The molecule has 3 rings (SSSR count). The number of nitrogens with zero attached hydrogens (tertiary/aromatic N) is 2. The van der Waals surface area contributed by atoms with E-state index in [1.165, 1.54) is 24.1 Å². The van der Waals surface area contributed by atoms with E-state index in [0.717, 1.165) is 32.5 Å². The van der Waals surface area contributed by atoms with Crippen LogP contribution in [-0.2, 0) is 6.54 Å². The summed E-state index contributed by atoms with van der Waals surface area (Å²) in [4.78, 5) is 26.8. The van der Waals surface area contributed by atoms with Gasteiger partial charge in [-0.05, 0) is 24.3 Å². The van der Waals surface area contributed by atoms with Crippen LogP contribution in [-0.4, -0.2) is 42.0 Å². The Labute approximate surface area is 161 Å². The average Bonchev–Trinajstić information content (AvgIpc) is 3.15. The van der Waals surface area contributed by atoms with Gasteiger partial charge in [0.05, 0.1) is 17.6 Å². The van der Waals surface area contributed by atoms with Crippen molar-refractivity contribution < 1.29 is 14.5 Å². The lowest BCUT2D eigenvalue weighted by Gasteiger charge is -2.32. The second kappa shape index (κ2) is 8.36. The van der Waals surface area contributed by atoms with Gasteiger partial charge in [-0.1, -0.05) is 6.07 Å². The standard InChI is InChI=1S/C18H22N4O4S/c1-26-17-10-15(19)16(22(24)25)9-14(17)18(23)20-12-4-6-21(7-5-12)11-13-3-2-8-27-13/h2-3,8-10,12H,4-7,11,19H2,1H3,(H,20,23). The molecule has 0 spiro atoms. The second-order valence-electron chi connectivity index (χ2n) is 6.47. The van der Waals surface area contributed by atoms with E-state index in [1.54, 1.807) is 11.3 Å². The fraction of sp³-hybridized carbons (Fsp3) is 0.389. The van der Waals surface area contributed by atoms with Crippen LogP contribution >= 0.6 is 11.3 Å². The minimum absolute atomic E-state index is 0.0263. The third-order valence-electron chi connectivity index (χ3n) is 4.67. The Hall–Kier alpha value is -2.65. The van der Waals surface area contributed by atoms with E-state index in [4.69, 9.17) is 10.5 Å². The number of benzene rings is 1. The number of carbonyl (C=O) groups is 1. The first-order chi connectivity index (χ1) is 13.0. The van der Waals surface area contributed by atoms with E-state index >= 15 is 0 Å². The Bertz CT molecular complexity index is 817. The van der Waals surface area contributed by atoms with Gasteiger partial charge in [-0.15, -0.1) is 11.3 Å². The number of ether oxygens (including phenoxy) is 1. The van der Waals surface area contributed by atoms with Gasteiger partial charge >= 0.3 is 0 Å². The number of carbonyl (C=O) groups excluding carboxylic acids is 1. The smallest absolute Gasteiger partial charge is 0.293 e. The van der Waals surface area contributed by atoms with Crippen LogP contribution in [0.3, 0.4) is 0 Å². The number of amides is 1. The van der Waals surface area contributed by atoms with Gasteiger partial charge in [0, 0.05) is 42.7 Å². The first-order valence-corrected chi connectivity index (χ1v) is 9.53. The summed E-state index contributed by atoms with van der Waals surface area (Å²) in [5, 5.41) is 16.1. The molecule has 0 atom stereocenters. The van der Waals surface area contributed by atoms with Crippen molar-refractivity contribution in [1.29, 1.82) is 0 Å². The number of thiophene rings is 1. The molecule has 1 aromatic carbocycles. The summed E-state index contributed by atoms with van der Waals surface area (Å²) >= 11 is 1.74. The second-order valence-corrected chi connectivity index (χ2v) is 7.50. The van der Waals surface area contributed by atoms with Crippen molar-refractivity contribution in [3.63, 3.8) is 0 Å². The van der Waals surface area contributed by atoms with Crippen LogP contribution in [0, 0.1) is 10.1 Å². The number of rotatable bonds is 6. The van der Waals surface area contributed by atoms with E-state index in [2.05, 4.69) is 21.7 Å². The molecule has 2 heterocycles. The van der Waals surface area contributed by atoms with Crippen molar-refractivity contribution in [2.24, 2.45) is 0 Å². The van der Waals surface area contributed by atoms with Crippen LogP contribution in [0.5, 0.6) is 5.75 Å². The Kier molecular flexibility index (Phi) is 5.92. The molecular weight excluding hydrogens is 368 g/mol. The summed E-state index contributed by atoms with van der Waals surface area (Å²) < 4.78 is 5.18. The Morgan fingerprint density at radius 2 is 2.19 bits per heavy atom. The lowest BCUT2D eigenvalue weighted by molar-refractivity contribution is -0.383. The van der Waals surface area contributed by atoms with Crippen molar-refractivity contribution in [1.82, 2.24) is 10.2 Å². The Morgan fingerprint density at radius 1 is 1.44 bits per heavy atom. The molecule has 0 radical (unpaired) electrons. The highest BCUT2D eigenvalue weighted by Crippen LogP contribution is 2.30. The third kappa shape index (κ3) is 4.55. The zero-order chi connectivity index (χ0) is 19.4. The maximum Gasteiger partial charge on any atom is 0.293 e. The van der Waals surface area contributed by atoms with Crippen LogP contribution in [0.15, 0.2) is 29.6 Å². The first-order valence-electron chi connectivity index (χ1n) is 8.65. The van der Waals surface area contributed by atoms with Gasteiger partial charge in [0.25, 0.3) is 11.6 Å². The Balaban J connectivity index is 1.62. The molecule has 1 aliphatic heterocycles. The van der Waals surface area contributed by atoms with Crippen LogP contribution in [0.1, 0.15) is 28.1 Å². The summed E-state index contributed by atoms with van der Waals surface area (Å²) in [5.74, 6) is -0.155. The summed E-state index contributed by atoms with van der Waals surface area (Å²) in [6, 6.07) is 6.69. The molecule has 1 aromatic heterocycles. The van der Waals surface area contributed by atoms with Crippen LogP contribution in [0.2, 0.25) is 0 Å². The molecule has 0 aliphatic carbocycles. The van der Waals surface area contributed by atoms with Crippen molar-refractivity contribution in [3.05, 3.63) is 50.2 Å². The zero-order valence-electron chi connectivity index (χ0n) is 15.0. The maximum absolute atomic E-state index is 12.7. The fourth-order valence-electron chi connectivity index (χ4n) is 3.21. The minimum atomic E-state index is -0.603. The Morgan fingerprint density at radius 3 is 2.78 bits per heavy atom. The molecule has 2 aromatic rings. The SMILES string of the molecule is COc1cc(N)c([N+](=O)[O-])cc1C(=O)NC1CCN(Cc2cccs2)CC1. The monoisotopic (exact) mass is 390 g/mol. The molecule has 27 heavy (non-hydrogen) atoms. The number of nitrogen functional groups attached to an aromatic ring is 1. The maximum atomic E-state index is 12.7. The first kappa shape index (κ1) is 19.1. The molecule has 1 amide bonds. The van der Waals surface area contributed by atoms with Gasteiger partial charge in [-0.2, -0.15) is 0 Å². The molecule has 0 bridgehead atoms. The van der Waals surface area contributed by atoms with E-state index in [1.807, 2.05) is 6.07 Å². The molecule has 9 heteroatoms. The lowest BCUT2D eigenvalue weighted by atomic mass is 10.0. The van der Waals surface area contributed by atoms with Crippen molar-refractivity contribution >= 4 is 28.6 Å². The van der Waals surface area contributed by atoms with Gasteiger partial charge in [0.1, 0.15) is 11.4 Å². The highest BCUT2D eigenvalue weighted by Gasteiger charge is 2.25. The van der Waals surface area contributed by atoms with Gasteiger partial charge < -0.3 is 15.8 Å². The number of nitrogens with one attached hydrogen (secondary N) is 1. The third-order valence-corrected chi connectivity index (χ3v) is 5.53. The molecular formula is C18H22N4O4S. The molecule has 1 aliphatic rings. The van der Waals surface area contributed by atoms with Crippen molar-refractivity contribution in [2.75, 3.05) is 25.9 Å². The number of hydrogen-bond acceptors (Lipinski definition) is 7. The average molecular weight is 390 g/mol. The molecule has 144 valence electrons. The van der Waals surface area contributed by atoms with E-state index in [-0.39, 0.29) is 34.6 Å². The van der Waals surface area contributed by atoms with Crippen LogP contribution < -0.4 is 15.8 Å². The summed E-state index contributed by atoms with van der Waals surface area (Å²) in [5.41, 5.74) is 5.46. The van der Waals surface area contributed by atoms with Gasteiger partial charge in [-0.3, -0.25) is 19.8 Å². The predicted molar refractivity (Wildman–Crippen MR) is 104 cm³/mol. The van der Waals surface area contributed by atoms with E-state index in [0.29, 0.717) is 0 Å². The number of likely N-dealkylation sites (tertiary alicyclic amines) is 1.